The number of aryl methyl sites for hydroxylation is 1. The number of nitrogens with one attached hydrogen (secondary N) is 1. The first-order valence-electron chi connectivity index (χ1n) is 9.59. The molecule has 0 fully saturated rings. The van der Waals surface area contributed by atoms with E-state index in [0.717, 1.165) is 30.7 Å². The second kappa shape index (κ2) is 7.09. The van der Waals surface area contributed by atoms with Gasteiger partial charge in [0.15, 0.2) is 11.5 Å². The molecule has 0 saturated heterocycles. The van der Waals surface area contributed by atoms with Crippen molar-refractivity contribution in [1.29, 1.82) is 0 Å². The third-order valence-corrected chi connectivity index (χ3v) is 5.16. The predicted molar refractivity (Wildman–Crippen MR) is 109 cm³/mol. The summed E-state index contributed by atoms with van der Waals surface area (Å²) in [6.07, 6.45) is 6.02. The van der Waals surface area contributed by atoms with Crippen LogP contribution in [0.3, 0.4) is 0 Å². The summed E-state index contributed by atoms with van der Waals surface area (Å²) in [5, 5.41) is 3.33. The molecule has 2 aliphatic heterocycles. The van der Waals surface area contributed by atoms with E-state index in [2.05, 4.69) is 10.3 Å². The van der Waals surface area contributed by atoms with Crippen LogP contribution in [0.15, 0.2) is 47.3 Å². The number of carbonyl (C=O) groups excluding carboxylic acids is 1. The van der Waals surface area contributed by atoms with Gasteiger partial charge >= 0.3 is 0 Å². The van der Waals surface area contributed by atoms with Gasteiger partial charge in [-0.2, -0.15) is 0 Å². The summed E-state index contributed by atoms with van der Waals surface area (Å²) < 4.78 is 12.4. The number of benzene rings is 2. The molecule has 0 atom stereocenters. The highest BCUT2D eigenvalue weighted by Crippen LogP contribution is 2.32. The lowest BCUT2D eigenvalue weighted by Gasteiger charge is -2.17. The number of hydrogen-bond donors (Lipinski definition) is 1. The summed E-state index contributed by atoms with van der Waals surface area (Å²) in [6.45, 7) is 0.912. The molecule has 1 N–H and O–H groups in total. The molecule has 0 unspecified atom stereocenters. The fraction of sp³-hybridized carbons (Fsp3) is 0.227. The quantitative estimate of drug-likeness (QED) is 0.696. The predicted octanol–water partition coefficient (Wildman–Crippen LogP) is 3.11. The molecule has 2 aliphatic rings. The Morgan fingerprint density at radius 2 is 2.00 bits per heavy atom. The topological polar surface area (TPSA) is 82.4 Å². The van der Waals surface area contributed by atoms with E-state index in [4.69, 9.17) is 9.47 Å². The second-order valence-electron chi connectivity index (χ2n) is 7.11. The molecule has 3 aromatic rings. The van der Waals surface area contributed by atoms with Crippen LogP contribution in [0.4, 0.5) is 5.69 Å². The Kier molecular flexibility index (Phi) is 4.27. The smallest absolute Gasteiger partial charge is 0.261 e. The molecular weight excluding hydrogens is 370 g/mol. The zero-order valence-corrected chi connectivity index (χ0v) is 15.7. The highest BCUT2D eigenvalue weighted by molar-refractivity contribution is 6.02. The van der Waals surface area contributed by atoms with E-state index in [0.29, 0.717) is 34.6 Å². The number of carbonyl (C=O) groups is 1. The Labute approximate surface area is 166 Å². The van der Waals surface area contributed by atoms with Crippen LogP contribution in [-0.2, 0) is 17.8 Å². The van der Waals surface area contributed by atoms with E-state index in [-0.39, 0.29) is 18.3 Å². The molecule has 1 amide bonds. The molecule has 2 aromatic carbocycles. The van der Waals surface area contributed by atoms with Gasteiger partial charge in [-0.15, -0.1) is 0 Å². The van der Waals surface area contributed by atoms with E-state index in [1.54, 1.807) is 28.8 Å². The minimum absolute atomic E-state index is 0.0447. The maximum Gasteiger partial charge on any atom is 0.261 e. The van der Waals surface area contributed by atoms with Crippen molar-refractivity contribution >= 4 is 28.6 Å². The molecule has 3 heterocycles. The van der Waals surface area contributed by atoms with Crippen LogP contribution < -0.4 is 20.3 Å². The Morgan fingerprint density at radius 3 is 2.93 bits per heavy atom. The number of aromatic nitrogens is 2. The number of hydrogen-bond acceptors (Lipinski definition) is 5. The van der Waals surface area contributed by atoms with E-state index in [9.17, 15) is 9.59 Å². The summed E-state index contributed by atoms with van der Waals surface area (Å²) in [4.78, 5) is 29.7. The van der Waals surface area contributed by atoms with E-state index in [1.807, 2.05) is 18.2 Å². The van der Waals surface area contributed by atoms with Crippen molar-refractivity contribution in [3.8, 4) is 11.5 Å². The first-order valence-corrected chi connectivity index (χ1v) is 9.59. The lowest BCUT2D eigenvalue weighted by atomic mass is 10.1. The van der Waals surface area contributed by atoms with Crippen LogP contribution in [0.25, 0.3) is 17.0 Å². The first-order chi connectivity index (χ1) is 14.2. The van der Waals surface area contributed by atoms with Crippen LogP contribution in [0.1, 0.15) is 24.2 Å². The molecule has 0 bridgehead atoms. The zero-order valence-electron chi connectivity index (χ0n) is 15.7. The molecule has 29 heavy (non-hydrogen) atoms. The van der Waals surface area contributed by atoms with Gasteiger partial charge in [-0.25, -0.2) is 4.98 Å². The zero-order chi connectivity index (χ0) is 19.8. The minimum atomic E-state index is -0.284. The van der Waals surface area contributed by atoms with Gasteiger partial charge in [-0.05, 0) is 54.8 Å². The SMILES string of the molecule is O=C(/C=C/c1ccc2c(c1)OCO2)Nc1ccc2nc3n(c(=O)c2c1)CCCC3. The summed E-state index contributed by atoms with van der Waals surface area (Å²) in [6, 6.07) is 10.7. The van der Waals surface area contributed by atoms with Crippen molar-refractivity contribution in [1.82, 2.24) is 9.55 Å². The minimum Gasteiger partial charge on any atom is -0.454 e. The molecule has 0 aliphatic carbocycles. The maximum absolute atomic E-state index is 12.8. The summed E-state index contributed by atoms with van der Waals surface area (Å²) in [5.74, 6) is 1.92. The van der Waals surface area contributed by atoms with Crippen molar-refractivity contribution in [3.05, 3.63) is 64.2 Å². The van der Waals surface area contributed by atoms with Gasteiger partial charge in [0.25, 0.3) is 5.56 Å². The van der Waals surface area contributed by atoms with E-state index < -0.39 is 0 Å². The average Bonchev–Trinajstić information content (AvgIpc) is 3.21. The molecule has 0 spiro atoms. The standard InChI is InChI=1S/C22H19N3O4/c26-21(9-5-14-4-8-18-19(11-14)29-13-28-18)23-15-6-7-17-16(12-15)22(27)25-10-2-1-3-20(25)24-17/h4-9,11-12H,1-3,10,13H2,(H,23,26)/b9-5+. The Balaban J connectivity index is 1.36. The maximum atomic E-state index is 12.8. The molecule has 146 valence electrons. The van der Waals surface area contributed by atoms with E-state index >= 15 is 0 Å². The normalized spacial score (nSPS) is 14.9. The summed E-state index contributed by atoms with van der Waals surface area (Å²) in [5.41, 5.74) is 2.01. The highest BCUT2D eigenvalue weighted by atomic mass is 16.7. The Morgan fingerprint density at radius 1 is 1.10 bits per heavy atom. The van der Waals surface area contributed by atoms with Gasteiger partial charge in [-0.3, -0.25) is 14.2 Å². The highest BCUT2D eigenvalue weighted by Gasteiger charge is 2.15. The van der Waals surface area contributed by atoms with Gasteiger partial charge < -0.3 is 14.8 Å². The number of rotatable bonds is 3. The molecule has 0 radical (unpaired) electrons. The van der Waals surface area contributed by atoms with Crippen molar-refractivity contribution in [2.45, 2.75) is 25.8 Å². The van der Waals surface area contributed by atoms with Crippen LogP contribution in [0, 0.1) is 0 Å². The van der Waals surface area contributed by atoms with Crippen LogP contribution in [0.2, 0.25) is 0 Å². The third-order valence-electron chi connectivity index (χ3n) is 5.16. The molecule has 0 saturated carbocycles. The fourth-order valence-electron chi connectivity index (χ4n) is 3.69. The van der Waals surface area contributed by atoms with Gasteiger partial charge in [-0.1, -0.05) is 6.07 Å². The molecular formula is C22H19N3O4. The van der Waals surface area contributed by atoms with Crippen molar-refractivity contribution in [2.75, 3.05) is 12.1 Å². The van der Waals surface area contributed by atoms with Gasteiger partial charge in [0, 0.05) is 24.7 Å². The lowest BCUT2D eigenvalue weighted by Crippen LogP contribution is -2.28. The number of ether oxygens (including phenoxy) is 2. The van der Waals surface area contributed by atoms with E-state index in [1.165, 1.54) is 6.08 Å². The number of fused-ring (bicyclic) bond motifs is 3. The molecule has 5 rings (SSSR count). The van der Waals surface area contributed by atoms with Crippen molar-refractivity contribution in [3.63, 3.8) is 0 Å². The summed E-state index contributed by atoms with van der Waals surface area (Å²) in [7, 11) is 0. The Hall–Kier alpha value is -3.61. The summed E-state index contributed by atoms with van der Waals surface area (Å²) >= 11 is 0. The van der Waals surface area contributed by atoms with Crippen molar-refractivity contribution in [2.24, 2.45) is 0 Å². The van der Waals surface area contributed by atoms with Crippen LogP contribution in [0.5, 0.6) is 11.5 Å². The number of anilines is 1. The lowest BCUT2D eigenvalue weighted by molar-refractivity contribution is -0.111. The molecule has 7 nitrogen and oxygen atoms in total. The van der Waals surface area contributed by atoms with Gasteiger partial charge in [0.2, 0.25) is 12.7 Å². The molecule has 1 aromatic heterocycles. The Bertz CT molecular complexity index is 1210. The monoisotopic (exact) mass is 389 g/mol. The van der Waals surface area contributed by atoms with Crippen LogP contribution >= 0.6 is 0 Å². The fourth-order valence-corrected chi connectivity index (χ4v) is 3.69. The molecule has 7 heteroatoms. The average molecular weight is 389 g/mol. The second-order valence-corrected chi connectivity index (χ2v) is 7.11. The van der Waals surface area contributed by atoms with Gasteiger partial charge in [0.05, 0.1) is 10.9 Å². The first kappa shape index (κ1) is 17.5. The van der Waals surface area contributed by atoms with Crippen LogP contribution in [-0.4, -0.2) is 22.3 Å². The van der Waals surface area contributed by atoms with Crippen molar-refractivity contribution < 1.29 is 14.3 Å². The largest absolute Gasteiger partial charge is 0.454 e. The number of nitrogens with zero attached hydrogens (tertiary/aromatic N) is 2. The number of amides is 1. The third kappa shape index (κ3) is 3.35. The van der Waals surface area contributed by atoms with Gasteiger partial charge in [0.1, 0.15) is 5.82 Å².